The normalized spacial score (nSPS) is 10.8. The minimum absolute atomic E-state index is 0.192. The summed E-state index contributed by atoms with van der Waals surface area (Å²) in [5.41, 5.74) is 7.55. The van der Waals surface area contributed by atoms with Crippen molar-refractivity contribution in [3.8, 4) is 11.1 Å². The van der Waals surface area contributed by atoms with Crippen LogP contribution in [0.4, 0.5) is 9.18 Å². The molecule has 0 spiro atoms. The molecule has 3 rings (SSSR count). The number of ether oxygens (including phenoxy) is 1. The smallest absolute Gasteiger partial charge is 0.404 e. The molecule has 2 heterocycles. The van der Waals surface area contributed by atoms with Gasteiger partial charge in [0.25, 0.3) is 0 Å². The fourth-order valence-corrected chi connectivity index (χ4v) is 2.63. The summed E-state index contributed by atoms with van der Waals surface area (Å²) in [6, 6.07) is 8.47. The number of hydrogen-bond donors (Lipinski definition) is 1. The van der Waals surface area contributed by atoms with Crippen molar-refractivity contribution in [3.05, 3.63) is 58.6 Å². The summed E-state index contributed by atoms with van der Waals surface area (Å²) in [6.45, 7) is -0.192. The van der Waals surface area contributed by atoms with Gasteiger partial charge < -0.3 is 10.5 Å². The van der Waals surface area contributed by atoms with Crippen LogP contribution in [0, 0.1) is 5.82 Å². The Morgan fingerprint density at radius 1 is 1.36 bits per heavy atom. The quantitative estimate of drug-likeness (QED) is 0.774. The molecule has 0 aliphatic rings. The van der Waals surface area contributed by atoms with Crippen molar-refractivity contribution in [2.75, 3.05) is 0 Å². The molecule has 0 saturated heterocycles. The van der Waals surface area contributed by atoms with Gasteiger partial charge in [0.2, 0.25) is 0 Å². The molecule has 5 nitrogen and oxygen atoms in total. The van der Waals surface area contributed by atoms with E-state index in [0.717, 1.165) is 15.6 Å². The third kappa shape index (κ3) is 2.80. The molecule has 0 atom stereocenters. The Morgan fingerprint density at radius 2 is 2.18 bits per heavy atom. The van der Waals surface area contributed by atoms with Gasteiger partial charge in [-0.2, -0.15) is 5.10 Å². The first-order chi connectivity index (χ1) is 10.5. The number of hydrogen-bond acceptors (Lipinski definition) is 3. The second-order valence-corrected chi connectivity index (χ2v) is 5.56. The van der Waals surface area contributed by atoms with Gasteiger partial charge >= 0.3 is 6.09 Å². The van der Waals surface area contributed by atoms with Crippen LogP contribution in [-0.2, 0) is 11.3 Å². The molecule has 2 N–H and O–H groups in total. The van der Waals surface area contributed by atoms with E-state index in [1.54, 1.807) is 22.8 Å². The number of carbonyl (C=O) groups excluding carboxylic acids is 1. The molecule has 0 aliphatic carbocycles. The number of aromatic nitrogens is 2. The topological polar surface area (TPSA) is 69.6 Å². The van der Waals surface area contributed by atoms with E-state index >= 15 is 0 Å². The van der Waals surface area contributed by atoms with Gasteiger partial charge in [0, 0.05) is 21.8 Å². The highest BCUT2D eigenvalue weighted by Crippen LogP contribution is 2.29. The van der Waals surface area contributed by atoms with Gasteiger partial charge in [0.15, 0.2) is 0 Å². The molecule has 7 heteroatoms. The third-order valence-electron chi connectivity index (χ3n) is 3.21. The van der Waals surface area contributed by atoms with E-state index in [-0.39, 0.29) is 12.2 Å². The summed E-state index contributed by atoms with van der Waals surface area (Å²) >= 11 is 3.41. The maximum absolute atomic E-state index is 14.1. The molecule has 0 aliphatic heterocycles. The Kier molecular flexibility index (Phi) is 3.81. The van der Waals surface area contributed by atoms with Crippen molar-refractivity contribution in [2.45, 2.75) is 6.61 Å². The Labute approximate surface area is 133 Å². The molecule has 0 fully saturated rings. The predicted molar refractivity (Wildman–Crippen MR) is 82.7 cm³/mol. The number of primary amides is 1. The van der Waals surface area contributed by atoms with Crippen molar-refractivity contribution in [2.24, 2.45) is 5.73 Å². The van der Waals surface area contributed by atoms with Gasteiger partial charge in [-0.05, 0) is 39.7 Å². The molecule has 2 aromatic heterocycles. The number of nitrogens with zero attached hydrogens (tertiary/aromatic N) is 2. The number of benzene rings is 1. The Morgan fingerprint density at radius 3 is 2.91 bits per heavy atom. The fraction of sp³-hybridized carbons (Fsp3) is 0.0667. The number of fused-ring (bicyclic) bond motifs is 1. The molecule has 0 bridgehead atoms. The van der Waals surface area contributed by atoms with Crippen LogP contribution < -0.4 is 5.73 Å². The van der Waals surface area contributed by atoms with Crippen LogP contribution in [0.2, 0.25) is 0 Å². The van der Waals surface area contributed by atoms with Gasteiger partial charge in [-0.1, -0.05) is 12.1 Å². The van der Waals surface area contributed by atoms with Crippen molar-refractivity contribution >= 4 is 27.5 Å². The number of pyridine rings is 1. The Balaban J connectivity index is 2.02. The molecule has 112 valence electrons. The predicted octanol–water partition coefficient (Wildman–Crippen LogP) is 3.50. The Hall–Kier alpha value is -2.41. The number of carbonyl (C=O) groups is 1. The summed E-state index contributed by atoms with van der Waals surface area (Å²) < 4.78 is 21.3. The van der Waals surface area contributed by atoms with E-state index in [2.05, 4.69) is 25.8 Å². The largest absolute Gasteiger partial charge is 0.445 e. The maximum atomic E-state index is 14.1. The second-order valence-electron chi connectivity index (χ2n) is 4.65. The van der Waals surface area contributed by atoms with E-state index < -0.39 is 11.9 Å². The van der Waals surface area contributed by atoms with Gasteiger partial charge in [0.1, 0.15) is 12.4 Å². The summed E-state index contributed by atoms with van der Waals surface area (Å²) in [7, 11) is 0. The zero-order valence-electron chi connectivity index (χ0n) is 11.3. The monoisotopic (exact) mass is 363 g/mol. The number of nitrogens with two attached hydrogens (primary N) is 1. The zero-order chi connectivity index (χ0) is 15.7. The molecule has 22 heavy (non-hydrogen) atoms. The minimum Gasteiger partial charge on any atom is -0.445 e. The first kappa shape index (κ1) is 14.5. The lowest BCUT2D eigenvalue weighted by atomic mass is 10.0. The van der Waals surface area contributed by atoms with Gasteiger partial charge in [-0.15, -0.1) is 0 Å². The molecule has 0 radical (unpaired) electrons. The second kappa shape index (κ2) is 5.76. The lowest BCUT2D eigenvalue weighted by molar-refractivity contribution is 0.149. The lowest BCUT2D eigenvalue weighted by Crippen LogP contribution is -2.13. The highest BCUT2D eigenvalue weighted by molar-refractivity contribution is 9.10. The SMILES string of the molecule is NC(=O)OCc1ccc(-c2cc(Br)cn3nccc23)cc1F. The van der Waals surface area contributed by atoms with Crippen molar-refractivity contribution in [3.63, 3.8) is 0 Å². The van der Waals surface area contributed by atoms with Crippen LogP contribution in [0.3, 0.4) is 0 Å². The van der Waals surface area contributed by atoms with Crippen LogP contribution in [0.15, 0.2) is 47.2 Å². The standard InChI is InChI=1S/C15H11BrFN3O2/c16-11-6-12(14-3-4-19-20(14)7-11)9-1-2-10(13(17)5-9)8-22-15(18)21/h1-7H,8H2,(H2,18,21). The maximum Gasteiger partial charge on any atom is 0.404 e. The van der Waals surface area contributed by atoms with Crippen LogP contribution in [0.1, 0.15) is 5.56 Å². The molecular formula is C15H11BrFN3O2. The number of halogens is 2. The van der Waals surface area contributed by atoms with E-state index in [1.807, 2.05) is 18.3 Å². The summed E-state index contributed by atoms with van der Waals surface area (Å²) in [4.78, 5) is 10.6. The average Bonchev–Trinajstić information content (AvgIpc) is 2.93. The fourth-order valence-electron chi connectivity index (χ4n) is 2.21. The van der Waals surface area contributed by atoms with E-state index in [9.17, 15) is 9.18 Å². The van der Waals surface area contributed by atoms with Crippen LogP contribution >= 0.6 is 15.9 Å². The van der Waals surface area contributed by atoms with Crippen molar-refractivity contribution < 1.29 is 13.9 Å². The average molecular weight is 364 g/mol. The molecule has 0 unspecified atom stereocenters. The first-order valence-electron chi connectivity index (χ1n) is 6.38. The summed E-state index contributed by atoms with van der Waals surface area (Å²) in [5.74, 6) is -0.462. The van der Waals surface area contributed by atoms with Gasteiger partial charge in [0.05, 0.1) is 11.7 Å². The van der Waals surface area contributed by atoms with Gasteiger partial charge in [-0.25, -0.2) is 13.7 Å². The van der Waals surface area contributed by atoms with E-state index in [1.165, 1.54) is 6.07 Å². The first-order valence-corrected chi connectivity index (χ1v) is 7.18. The zero-order valence-corrected chi connectivity index (χ0v) is 12.9. The van der Waals surface area contributed by atoms with Crippen LogP contribution in [0.5, 0.6) is 0 Å². The van der Waals surface area contributed by atoms with E-state index in [0.29, 0.717) is 5.56 Å². The van der Waals surface area contributed by atoms with Gasteiger partial charge in [-0.3, -0.25) is 0 Å². The summed E-state index contributed by atoms with van der Waals surface area (Å²) in [6.07, 6.45) is 2.57. The summed E-state index contributed by atoms with van der Waals surface area (Å²) in [5, 5.41) is 4.18. The Bertz CT molecular complexity index is 863. The number of amides is 1. The molecule has 1 aromatic carbocycles. The van der Waals surface area contributed by atoms with Crippen LogP contribution in [-0.4, -0.2) is 15.7 Å². The lowest BCUT2D eigenvalue weighted by Gasteiger charge is -2.09. The molecule has 1 amide bonds. The third-order valence-corrected chi connectivity index (χ3v) is 3.64. The van der Waals surface area contributed by atoms with Crippen molar-refractivity contribution in [1.29, 1.82) is 0 Å². The highest BCUT2D eigenvalue weighted by Gasteiger charge is 2.10. The van der Waals surface area contributed by atoms with E-state index in [4.69, 9.17) is 5.73 Å². The highest BCUT2D eigenvalue weighted by atomic mass is 79.9. The molecule has 3 aromatic rings. The minimum atomic E-state index is -0.934. The van der Waals surface area contributed by atoms with Crippen LogP contribution in [0.25, 0.3) is 16.6 Å². The molecular weight excluding hydrogens is 353 g/mol. The van der Waals surface area contributed by atoms with Crippen molar-refractivity contribution in [1.82, 2.24) is 9.61 Å². The molecule has 0 saturated carbocycles. The number of rotatable bonds is 3.